The Bertz CT molecular complexity index is 540. The van der Waals surface area contributed by atoms with Gasteiger partial charge in [0.1, 0.15) is 5.75 Å². The molecule has 0 saturated heterocycles. The monoisotopic (exact) mass is 280 g/mol. The van der Waals surface area contributed by atoms with E-state index in [2.05, 4.69) is 10.3 Å². The smallest absolute Gasteiger partial charge is 0.216 e. The van der Waals surface area contributed by atoms with Gasteiger partial charge in [0.2, 0.25) is 5.91 Å². The molecule has 1 N–H and O–H groups in total. The van der Waals surface area contributed by atoms with Crippen LogP contribution < -0.4 is 10.1 Å². The van der Waals surface area contributed by atoms with Gasteiger partial charge in [-0.2, -0.15) is 0 Å². The molecule has 1 heterocycles. The van der Waals surface area contributed by atoms with Crippen molar-refractivity contribution in [3.63, 3.8) is 0 Å². The molecule has 19 heavy (non-hydrogen) atoms. The molecular weight excluding hydrogens is 264 g/mol. The lowest BCUT2D eigenvalue weighted by Crippen LogP contribution is -2.23. The molecule has 1 aliphatic heterocycles. The highest BCUT2D eigenvalue weighted by atomic mass is 35.5. The summed E-state index contributed by atoms with van der Waals surface area (Å²) in [7, 11) is 1.60. The highest BCUT2D eigenvalue weighted by molar-refractivity contribution is 6.32. The summed E-state index contributed by atoms with van der Waals surface area (Å²) in [5.41, 5.74) is 3.06. The number of fused-ring (bicyclic) bond motifs is 1. The van der Waals surface area contributed by atoms with E-state index in [1.54, 1.807) is 7.11 Å². The lowest BCUT2D eigenvalue weighted by molar-refractivity contribution is -0.118. The molecule has 5 heteroatoms. The molecule has 1 amide bonds. The zero-order valence-electron chi connectivity index (χ0n) is 11.3. The van der Waals surface area contributed by atoms with Gasteiger partial charge in [-0.15, -0.1) is 0 Å². The van der Waals surface area contributed by atoms with Crippen LogP contribution in [0.25, 0.3) is 0 Å². The summed E-state index contributed by atoms with van der Waals surface area (Å²) >= 11 is 6.10. The third-order valence-electron chi connectivity index (χ3n) is 3.28. The minimum atomic E-state index is -0.0125. The third-order valence-corrected chi connectivity index (χ3v) is 3.58. The first-order valence-corrected chi connectivity index (χ1v) is 6.57. The Balaban J connectivity index is 2.20. The molecule has 4 nitrogen and oxygen atoms in total. The predicted molar refractivity (Wildman–Crippen MR) is 76.8 cm³/mol. The second kappa shape index (κ2) is 5.61. The van der Waals surface area contributed by atoms with Gasteiger partial charge in [-0.3, -0.25) is 9.79 Å². The minimum Gasteiger partial charge on any atom is -0.495 e. The van der Waals surface area contributed by atoms with Crippen molar-refractivity contribution < 1.29 is 9.53 Å². The van der Waals surface area contributed by atoms with Gasteiger partial charge in [0.25, 0.3) is 0 Å². The van der Waals surface area contributed by atoms with Gasteiger partial charge >= 0.3 is 0 Å². The maximum atomic E-state index is 10.9. The fraction of sp³-hybridized carbons (Fsp3) is 0.429. The molecule has 1 atom stereocenters. The van der Waals surface area contributed by atoms with Crippen LogP contribution in [0.1, 0.15) is 31.7 Å². The molecule has 0 radical (unpaired) electrons. The van der Waals surface area contributed by atoms with Crippen LogP contribution in [0, 0.1) is 0 Å². The van der Waals surface area contributed by atoms with Crippen molar-refractivity contribution in [2.45, 2.75) is 26.2 Å². The highest BCUT2D eigenvalue weighted by Crippen LogP contribution is 2.42. The van der Waals surface area contributed by atoms with Crippen molar-refractivity contribution in [2.24, 2.45) is 4.99 Å². The molecule has 0 spiro atoms. The van der Waals surface area contributed by atoms with Crippen LogP contribution in [0.15, 0.2) is 17.1 Å². The van der Waals surface area contributed by atoms with Crippen molar-refractivity contribution in [1.82, 2.24) is 5.32 Å². The number of hydrogen-bond acceptors (Lipinski definition) is 3. The van der Waals surface area contributed by atoms with Gasteiger partial charge in [0.15, 0.2) is 0 Å². The summed E-state index contributed by atoms with van der Waals surface area (Å²) in [6, 6.07) is 3.77. The molecular formula is C14H17ClN2O2. The summed E-state index contributed by atoms with van der Waals surface area (Å²) in [5, 5.41) is 3.38. The van der Waals surface area contributed by atoms with E-state index >= 15 is 0 Å². The Morgan fingerprint density at radius 3 is 2.89 bits per heavy atom. The van der Waals surface area contributed by atoms with E-state index in [4.69, 9.17) is 16.3 Å². The van der Waals surface area contributed by atoms with Gasteiger partial charge in [-0.05, 0) is 31.0 Å². The number of carbonyl (C=O) groups is 1. The van der Waals surface area contributed by atoms with Crippen LogP contribution in [0.2, 0.25) is 5.02 Å². The van der Waals surface area contributed by atoms with Crippen LogP contribution in [0.5, 0.6) is 5.75 Å². The molecule has 0 aliphatic carbocycles. The maximum absolute atomic E-state index is 10.9. The number of nitrogens with one attached hydrogen (secondary N) is 1. The summed E-state index contributed by atoms with van der Waals surface area (Å²) in [6.45, 7) is 4.16. The zero-order valence-corrected chi connectivity index (χ0v) is 12.0. The van der Waals surface area contributed by atoms with Crippen LogP contribution in [0.3, 0.4) is 0 Å². The van der Waals surface area contributed by atoms with Gasteiger partial charge < -0.3 is 10.1 Å². The van der Waals surface area contributed by atoms with Crippen molar-refractivity contribution in [2.75, 3.05) is 13.7 Å². The van der Waals surface area contributed by atoms with Crippen LogP contribution in [-0.4, -0.2) is 25.3 Å². The predicted octanol–water partition coefficient (Wildman–Crippen LogP) is 3.06. The molecule has 0 aromatic heterocycles. The molecule has 2 rings (SSSR count). The molecule has 0 fully saturated rings. The Morgan fingerprint density at radius 2 is 2.26 bits per heavy atom. The Kier molecular flexibility index (Phi) is 4.10. The van der Waals surface area contributed by atoms with E-state index in [1.165, 1.54) is 6.92 Å². The van der Waals surface area contributed by atoms with Crippen LogP contribution in [-0.2, 0) is 4.79 Å². The van der Waals surface area contributed by atoms with Crippen LogP contribution >= 0.6 is 11.6 Å². The van der Waals surface area contributed by atoms with Crippen molar-refractivity contribution in [1.29, 1.82) is 0 Å². The first-order chi connectivity index (χ1) is 9.02. The topological polar surface area (TPSA) is 50.7 Å². The van der Waals surface area contributed by atoms with Crippen molar-refractivity contribution in [3.05, 3.63) is 22.7 Å². The molecule has 1 unspecified atom stereocenters. The lowest BCUT2D eigenvalue weighted by Gasteiger charge is -2.14. The maximum Gasteiger partial charge on any atom is 0.216 e. The SMILES string of the molecule is COc1cc2c(cc1Cl)N=C(C)C2CCNC(C)=O. The van der Waals surface area contributed by atoms with E-state index in [-0.39, 0.29) is 11.8 Å². The summed E-state index contributed by atoms with van der Waals surface area (Å²) in [4.78, 5) is 15.4. The number of rotatable bonds is 4. The minimum absolute atomic E-state index is 0.0125. The number of ether oxygens (including phenoxy) is 1. The highest BCUT2D eigenvalue weighted by Gasteiger charge is 2.25. The Hall–Kier alpha value is -1.55. The summed E-state index contributed by atoms with van der Waals surface area (Å²) in [6.07, 6.45) is 0.826. The summed E-state index contributed by atoms with van der Waals surface area (Å²) in [5.74, 6) is 0.865. The fourth-order valence-corrected chi connectivity index (χ4v) is 2.58. The molecule has 0 bridgehead atoms. The van der Waals surface area contributed by atoms with Gasteiger partial charge in [0.05, 0.1) is 17.8 Å². The van der Waals surface area contributed by atoms with Crippen molar-refractivity contribution in [3.8, 4) is 5.75 Å². The number of benzene rings is 1. The van der Waals surface area contributed by atoms with Crippen molar-refractivity contribution >= 4 is 28.9 Å². The number of methoxy groups -OCH3 is 1. The molecule has 102 valence electrons. The normalized spacial score (nSPS) is 16.8. The Labute approximate surface area is 117 Å². The van der Waals surface area contributed by atoms with E-state index in [0.717, 1.165) is 23.4 Å². The van der Waals surface area contributed by atoms with Gasteiger partial charge in [-0.25, -0.2) is 0 Å². The number of carbonyl (C=O) groups excluding carboxylic acids is 1. The molecule has 1 aromatic rings. The second-order valence-corrected chi connectivity index (χ2v) is 5.03. The summed E-state index contributed by atoms with van der Waals surface area (Å²) < 4.78 is 5.24. The molecule has 1 aliphatic rings. The van der Waals surface area contributed by atoms with E-state index in [0.29, 0.717) is 17.3 Å². The van der Waals surface area contributed by atoms with Crippen LogP contribution in [0.4, 0.5) is 5.69 Å². The Morgan fingerprint density at radius 1 is 1.53 bits per heavy atom. The quantitative estimate of drug-likeness (QED) is 0.921. The fourth-order valence-electron chi connectivity index (χ4n) is 2.34. The van der Waals surface area contributed by atoms with E-state index in [1.807, 2.05) is 19.1 Å². The van der Waals surface area contributed by atoms with E-state index in [9.17, 15) is 4.79 Å². The number of aliphatic imine (C=N–C) groups is 1. The average molecular weight is 281 g/mol. The number of halogens is 1. The first-order valence-electron chi connectivity index (χ1n) is 6.20. The third kappa shape index (κ3) is 2.89. The second-order valence-electron chi connectivity index (χ2n) is 4.62. The largest absolute Gasteiger partial charge is 0.495 e. The number of hydrogen-bond donors (Lipinski definition) is 1. The number of nitrogens with zero attached hydrogens (tertiary/aromatic N) is 1. The molecule has 1 aromatic carbocycles. The molecule has 0 saturated carbocycles. The van der Waals surface area contributed by atoms with Gasteiger partial charge in [-0.1, -0.05) is 11.6 Å². The first kappa shape index (κ1) is 13.9. The standard InChI is InChI=1S/C14H17ClN2O2/c1-8-10(4-5-16-9(2)18)11-6-14(19-3)12(15)7-13(11)17-8/h6-7,10H,4-5H2,1-3H3,(H,16,18). The zero-order chi connectivity index (χ0) is 14.0. The van der Waals surface area contributed by atoms with E-state index < -0.39 is 0 Å². The van der Waals surface area contributed by atoms with Gasteiger partial charge in [0, 0.05) is 25.1 Å². The average Bonchev–Trinajstić information content (AvgIpc) is 2.63. The lowest BCUT2D eigenvalue weighted by atomic mass is 9.93. The number of amides is 1.